The second-order valence-corrected chi connectivity index (χ2v) is 4.11. The molecule has 0 aliphatic rings. The van der Waals surface area contributed by atoms with Gasteiger partial charge in [-0.05, 0) is 30.2 Å². The summed E-state index contributed by atoms with van der Waals surface area (Å²) in [6, 6.07) is 11.2. The first-order chi connectivity index (χ1) is 8.87. The standard InChI is InChI=1S/C14H12F3NO/c1-9-3-2-4-12(13(9)18)10-5-7-11(8-6-10)19-14(15,16)17/h2-8H,18H2,1H3. The summed E-state index contributed by atoms with van der Waals surface area (Å²) < 4.78 is 39.9. The Morgan fingerprint density at radius 2 is 1.63 bits per heavy atom. The van der Waals surface area contributed by atoms with Gasteiger partial charge >= 0.3 is 6.36 Å². The zero-order chi connectivity index (χ0) is 14.0. The largest absolute Gasteiger partial charge is 0.573 e. The van der Waals surface area contributed by atoms with Crippen LogP contribution in [0.25, 0.3) is 11.1 Å². The van der Waals surface area contributed by atoms with Gasteiger partial charge in [-0.25, -0.2) is 0 Å². The maximum Gasteiger partial charge on any atom is 0.573 e. The number of benzene rings is 2. The molecule has 2 aromatic carbocycles. The topological polar surface area (TPSA) is 35.2 Å². The number of nitrogen functional groups attached to an aromatic ring is 1. The molecule has 0 amide bonds. The van der Waals surface area contributed by atoms with Crippen molar-refractivity contribution in [2.45, 2.75) is 13.3 Å². The molecule has 2 rings (SSSR count). The fourth-order valence-electron chi connectivity index (χ4n) is 1.77. The number of alkyl halides is 3. The van der Waals surface area contributed by atoms with Gasteiger partial charge in [0.25, 0.3) is 0 Å². The smallest absolute Gasteiger partial charge is 0.406 e. The fraction of sp³-hybridized carbons (Fsp3) is 0.143. The van der Waals surface area contributed by atoms with E-state index in [1.54, 1.807) is 12.1 Å². The van der Waals surface area contributed by atoms with E-state index in [0.717, 1.165) is 16.7 Å². The van der Waals surface area contributed by atoms with Crippen LogP contribution in [-0.2, 0) is 0 Å². The van der Waals surface area contributed by atoms with Gasteiger partial charge in [0.05, 0.1) is 0 Å². The summed E-state index contributed by atoms with van der Waals surface area (Å²) in [7, 11) is 0. The van der Waals surface area contributed by atoms with Crippen LogP contribution in [0.2, 0.25) is 0 Å². The molecule has 0 aliphatic carbocycles. The lowest BCUT2D eigenvalue weighted by atomic mass is 10.0. The molecule has 19 heavy (non-hydrogen) atoms. The molecular formula is C14H12F3NO. The van der Waals surface area contributed by atoms with E-state index in [1.165, 1.54) is 12.1 Å². The van der Waals surface area contributed by atoms with Crippen molar-refractivity contribution >= 4 is 5.69 Å². The third-order valence-electron chi connectivity index (χ3n) is 2.72. The van der Waals surface area contributed by atoms with Gasteiger partial charge in [0.1, 0.15) is 5.75 Å². The Balaban J connectivity index is 2.30. The van der Waals surface area contributed by atoms with Crippen molar-refractivity contribution in [2.75, 3.05) is 5.73 Å². The van der Waals surface area contributed by atoms with Crippen LogP contribution >= 0.6 is 0 Å². The number of ether oxygens (including phenoxy) is 1. The van der Waals surface area contributed by atoms with Crippen LogP contribution in [0.1, 0.15) is 5.56 Å². The van der Waals surface area contributed by atoms with Crippen LogP contribution in [0, 0.1) is 6.92 Å². The van der Waals surface area contributed by atoms with Gasteiger partial charge in [-0.3, -0.25) is 0 Å². The number of aryl methyl sites for hydroxylation is 1. The molecule has 0 fully saturated rings. The minimum absolute atomic E-state index is 0.248. The molecule has 0 radical (unpaired) electrons. The van der Waals surface area contributed by atoms with Gasteiger partial charge < -0.3 is 10.5 Å². The van der Waals surface area contributed by atoms with E-state index in [2.05, 4.69) is 4.74 Å². The quantitative estimate of drug-likeness (QED) is 0.830. The van der Waals surface area contributed by atoms with E-state index in [0.29, 0.717) is 5.69 Å². The highest BCUT2D eigenvalue weighted by atomic mass is 19.4. The average molecular weight is 267 g/mol. The van der Waals surface area contributed by atoms with E-state index in [4.69, 9.17) is 5.73 Å². The van der Waals surface area contributed by atoms with E-state index < -0.39 is 6.36 Å². The van der Waals surface area contributed by atoms with Crippen LogP contribution < -0.4 is 10.5 Å². The Morgan fingerprint density at radius 3 is 2.21 bits per heavy atom. The van der Waals surface area contributed by atoms with Crippen LogP contribution in [-0.4, -0.2) is 6.36 Å². The maximum atomic E-state index is 12.0. The second kappa shape index (κ2) is 4.84. The van der Waals surface area contributed by atoms with Crippen LogP contribution in [0.3, 0.4) is 0 Å². The zero-order valence-electron chi connectivity index (χ0n) is 10.2. The number of para-hydroxylation sites is 1. The van der Waals surface area contributed by atoms with Crippen molar-refractivity contribution in [1.29, 1.82) is 0 Å². The van der Waals surface area contributed by atoms with Gasteiger partial charge in [0, 0.05) is 11.3 Å². The molecule has 0 heterocycles. The first-order valence-electron chi connectivity index (χ1n) is 5.58. The summed E-state index contributed by atoms with van der Waals surface area (Å²) in [6.45, 7) is 1.87. The molecule has 0 saturated carbocycles. The summed E-state index contributed by atoms with van der Waals surface area (Å²) in [5.74, 6) is -0.248. The van der Waals surface area contributed by atoms with Gasteiger partial charge in [-0.1, -0.05) is 30.3 Å². The third kappa shape index (κ3) is 3.19. The van der Waals surface area contributed by atoms with E-state index in [1.807, 2.05) is 25.1 Å². The predicted octanol–water partition coefficient (Wildman–Crippen LogP) is 4.14. The van der Waals surface area contributed by atoms with Crippen molar-refractivity contribution in [3.8, 4) is 16.9 Å². The van der Waals surface area contributed by atoms with Crippen LogP contribution in [0.15, 0.2) is 42.5 Å². The van der Waals surface area contributed by atoms with Gasteiger partial charge in [-0.15, -0.1) is 13.2 Å². The minimum atomic E-state index is -4.68. The summed E-state index contributed by atoms with van der Waals surface area (Å²) in [4.78, 5) is 0. The SMILES string of the molecule is Cc1cccc(-c2ccc(OC(F)(F)F)cc2)c1N. The Bertz CT molecular complexity index is 576. The van der Waals surface area contributed by atoms with Gasteiger partial charge in [-0.2, -0.15) is 0 Å². The Hall–Kier alpha value is -2.17. The Labute approximate surface area is 108 Å². The lowest BCUT2D eigenvalue weighted by Gasteiger charge is -2.11. The van der Waals surface area contributed by atoms with Crippen LogP contribution in [0.5, 0.6) is 5.75 Å². The summed E-state index contributed by atoms with van der Waals surface area (Å²) in [5.41, 5.74) is 9.02. The number of hydrogen-bond acceptors (Lipinski definition) is 2. The molecule has 0 spiro atoms. The maximum absolute atomic E-state index is 12.0. The number of nitrogens with two attached hydrogens (primary N) is 1. The molecule has 2 N–H and O–H groups in total. The monoisotopic (exact) mass is 267 g/mol. The molecule has 0 atom stereocenters. The van der Waals surface area contributed by atoms with Crippen molar-refractivity contribution in [2.24, 2.45) is 0 Å². The molecule has 100 valence electrons. The van der Waals surface area contributed by atoms with Crippen molar-refractivity contribution in [3.63, 3.8) is 0 Å². The highest BCUT2D eigenvalue weighted by Gasteiger charge is 2.30. The molecule has 0 unspecified atom stereocenters. The number of anilines is 1. The Morgan fingerprint density at radius 1 is 1.00 bits per heavy atom. The second-order valence-electron chi connectivity index (χ2n) is 4.11. The molecule has 2 aromatic rings. The summed E-state index contributed by atoms with van der Waals surface area (Å²) >= 11 is 0. The minimum Gasteiger partial charge on any atom is -0.406 e. The predicted molar refractivity (Wildman–Crippen MR) is 67.7 cm³/mol. The highest BCUT2D eigenvalue weighted by molar-refractivity contribution is 5.78. The summed E-state index contributed by atoms with van der Waals surface area (Å²) in [5, 5.41) is 0. The number of hydrogen-bond donors (Lipinski definition) is 1. The third-order valence-corrected chi connectivity index (χ3v) is 2.72. The lowest BCUT2D eigenvalue weighted by Crippen LogP contribution is -2.16. The first kappa shape index (κ1) is 13.3. The van der Waals surface area contributed by atoms with Crippen molar-refractivity contribution in [3.05, 3.63) is 48.0 Å². The molecule has 0 aliphatic heterocycles. The average Bonchev–Trinajstić information content (AvgIpc) is 2.32. The number of halogens is 3. The summed E-state index contributed by atoms with van der Waals surface area (Å²) in [6.07, 6.45) is -4.68. The molecule has 0 saturated heterocycles. The van der Waals surface area contributed by atoms with Crippen LogP contribution in [0.4, 0.5) is 18.9 Å². The van der Waals surface area contributed by atoms with E-state index in [9.17, 15) is 13.2 Å². The first-order valence-corrected chi connectivity index (χ1v) is 5.58. The fourth-order valence-corrected chi connectivity index (χ4v) is 1.77. The van der Waals surface area contributed by atoms with E-state index >= 15 is 0 Å². The lowest BCUT2D eigenvalue weighted by molar-refractivity contribution is -0.274. The normalized spacial score (nSPS) is 11.4. The zero-order valence-corrected chi connectivity index (χ0v) is 10.2. The van der Waals surface area contributed by atoms with Crippen molar-refractivity contribution in [1.82, 2.24) is 0 Å². The van der Waals surface area contributed by atoms with E-state index in [-0.39, 0.29) is 5.75 Å². The van der Waals surface area contributed by atoms with Crippen molar-refractivity contribution < 1.29 is 17.9 Å². The molecule has 2 nitrogen and oxygen atoms in total. The molecular weight excluding hydrogens is 255 g/mol. The Kier molecular flexibility index (Phi) is 3.38. The molecule has 0 bridgehead atoms. The highest BCUT2D eigenvalue weighted by Crippen LogP contribution is 2.30. The number of rotatable bonds is 2. The molecule has 0 aromatic heterocycles. The molecule has 5 heteroatoms. The van der Waals surface area contributed by atoms with Gasteiger partial charge in [0.15, 0.2) is 0 Å². The van der Waals surface area contributed by atoms with Gasteiger partial charge in [0.2, 0.25) is 0 Å².